The highest BCUT2D eigenvalue weighted by molar-refractivity contribution is 5.91. The molecule has 1 amide bonds. The van der Waals surface area contributed by atoms with E-state index in [2.05, 4.69) is 121 Å². The molecule has 2 heterocycles. The SMILES string of the molecule is CC(C)(C)OC(=O)N1CCc2ccc(OCCc3ccc(-c4ccccc4)cc3)cc21.Cl.c1ccc(-c2ccc(CCOc3ccc4c(c3)NCC4)cc2)cc1. The lowest BCUT2D eigenvalue weighted by molar-refractivity contribution is 0.0584. The zero-order valence-corrected chi connectivity index (χ0v) is 33.3. The molecular weight excluding hydrogens is 716 g/mol. The fraction of sp³-hybridized carbons (Fsp3) is 0.245. The molecule has 6 nitrogen and oxygen atoms in total. The summed E-state index contributed by atoms with van der Waals surface area (Å²) in [6.45, 7) is 8.60. The van der Waals surface area contributed by atoms with E-state index in [1.807, 2.05) is 51.1 Å². The molecule has 7 heteroatoms. The number of hydrogen-bond donors (Lipinski definition) is 1. The summed E-state index contributed by atoms with van der Waals surface area (Å²) in [4.78, 5) is 14.2. The first-order valence-electron chi connectivity index (χ1n) is 19.3. The molecule has 0 bridgehead atoms. The van der Waals surface area contributed by atoms with Gasteiger partial charge in [-0.3, -0.25) is 4.90 Å². The van der Waals surface area contributed by atoms with Gasteiger partial charge in [-0.1, -0.05) is 121 Å². The van der Waals surface area contributed by atoms with E-state index in [1.54, 1.807) is 4.90 Å². The Bertz CT molecular complexity index is 2170. The van der Waals surface area contributed by atoms with E-state index < -0.39 is 5.60 Å². The molecule has 1 N–H and O–H groups in total. The Balaban J connectivity index is 0.000000192. The molecule has 0 atom stereocenters. The number of ether oxygens (including phenoxy) is 3. The monoisotopic (exact) mass is 766 g/mol. The van der Waals surface area contributed by atoms with Gasteiger partial charge >= 0.3 is 6.09 Å². The van der Waals surface area contributed by atoms with E-state index in [9.17, 15) is 4.79 Å². The second-order valence-electron chi connectivity index (χ2n) is 15.0. The predicted molar refractivity (Wildman–Crippen MR) is 232 cm³/mol. The molecular formula is C49H51ClN2O4. The first-order valence-corrected chi connectivity index (χ1v) is 19.3. The van der Waals surface area contributed by atoms with Crippen molar-refractivity contribution in [3.8, 4) is 33.8 Å². The van der Waals surface area contributed by atoms with Crippen LogP contribution in [0.3, 0.4) is 0 Å². The molecule has 56 heavy (non-hydrogen) atoms. The second-order valence-corrected chi connectivity index (χ2v) is 15.0. The number of carbonyl (C=O) groups is 1. The molecule has 0 aliphatic carbocycles. The number of nitrogens with zero attached hydrogens (tertiary/aromatic N) is 1. The molecule has 0 saturated heterocycles. The number of rotatable bonds is 10. The molecule has 2 aliphatic rings. The normalized spacial score (nSPS) is 12.6. The molecule has 0 radical (unpaired) electrons. The first-order chi connectivity index (χ1) is 26.8. The summed E-state index contributed by atoms with van der Waals surface area (Å²) < 4.78 is 17.5. The molecule has 8 rings (SSSR count). The van der Waals surface area contributed by atoms with Crippen molar-refractivity contribution in [2.45, 2.75) is 52.1 Å². The topological polar surface area (TPSA) is 60.0 Å². The summed E-state index contributed by atoms with van der Waals surface area (Å²) in [5.41, 5.74) is 11.6. The van der Waals surface area contributed by atoms with Crippen molar-refractivity contribution in [1.29, 1.82) is 0 Å². The minimum Gasteiger partial charge on any atom is -0.493 e. The van der Waals surface area contributed by atoms with Crippen LogP contribution in [0.2, 0.25) is 0 Å². The van der Waals surface area contributed by atoms with Gasteiger partial charge in [-0.15, -0.1) is 12.4 Å². The molecule has 6 aromatic carbocycles. The van der Waals surface area contributed by atoms with Crippen molar-refractivity contribution >= 4 is 29.9 Å². The van der Waals surface area contributed by atoms with Gasteiger partial charge in [-0.2, -0.15) is 0 Å². The van der Waals surface area contributed by atoms with Crippen LogP contribution in [-0.2, 0) is 30.4 Å². The van der Waals surface area contributed by atoms with E-state index >= 15 is 0 Å². The number of benzene rings is 6. The van der Waals surface area contributed by atoms with E-state index in [0.717, 1.165) is 55.0 Å². The minimum atomic E-state index is -0.510. The smallest absolute Gasteiger partial charge is 0.414 e. The van der Waals surface area contributed by atoms with Crippen LogP contribution in [0.4, 0.5) is 16.2 Å². The van der Waals surface area contributed by atoms with Gasteiger partial charge in [-0.25, -0.2) is 4.79 Å². The predicted octanol–water partition coefficient (Wildman–Crippen LogP) is 11.6. The zero-order valence-electron chi connectivity index (χ0n) is 32.5. The fourth-order valence-electron chi connectivity index (χ4n) is 6.88. The molecule has 0 saturated carbocycles. The maximum absolute atomic E-state index is 12.5. The lowest BCUT2D eigenvalue weighted by atomic mass is 10.0. The average molecular weight is 767 g/mol. The third-order valence-corrected chi connectivity index (χ3v) is 9.80. The van der Waals surface area contributed by atoms with Crippen LogP contribution >= 0.6 is 12.4 Å². The van der Waals surface area contributed by atoms with Crippen molar-refractivity contribution in [1.82, 2.24) is 0 Å². The third-order valence-electron chi connectivity index (χ3n) is 9.80. The minimum absolute atomic E-state index is 0. The zero-order chi connectivity index (χ0) is 38.0. The molecule has 0 unspecified atom stereocenters. The molecule has 2 aliphatic heterocycles. The lowest BCUT2D eigenvalue weighted by Crippen LogP contribution is -2.35. The number of hydrogen-bond acceptors (Lipinski definition) is 5. The van der Waals surface area contributed by atoms with Gasteiger partial charge in [0.1, 0.15) is 17.1 Å². The largest absolute Gasteiger partial charge is 0.493 e. The lowest BCUT2D eigenvalue weighted by Gasteiger charge is -2.25. The molecule has 6 aromatic rings. The van der Waals surface area contributed by atoms with Crippen molar-refractivity contribution < 1.29 is 19.0 Å². The van der Waals surface area contributed by atoms with Gasteiger partial charge in [0.25, 0.3) is 0 Å². The Hall–Kier alpha value is -5.72. The van der Waals surface area contributed by atoms with Crippen LogP contribution in [-0.4, -0.2) is 38.0 Å². The quantitative estimate of drug-likeness (QED) is 0.150. The van der Waals surface area contributed by atoms with Gasteiger partial charge < -0.3 is 19.5 Å². The van der Waals surface area contributed by atoms with Crippen molar-refractivity contribution in [2.24, 2.45) is 0 Å². The third kappa shape index (κ3) is 10.7. The van der Waals surface area contributed by atoms with Crippen molar-refractivity contribution in [3.05, 3.63) is 168 Å². The van der Waals surface area contributed by atoms with Crippen LogP contribution in [0.25, 0.3) is 22.3 Å². The van der Waals surface area contributed by atoms with Crippen molar-refractivity contribution in [3.63, 3.8) is 0 Å². The number of fused-ring (bicyclic) bond motifs is 2. The van der Waals surface area contributed by atoms with E-state index in [1.165, 1.54) is 44.6 Å². The van der Waals surface area contributed by atoms with E-state index in [0.29, 0.717) is 19.8 Å². The highest BCUT2D eigenvalue weighted by Gasteiger charge is 2.29. The summed E-state index contributed by atoms with van der Waals surface area (Å²) in [7, 11) is 0. The Morgan fingerprint density at radius 2 is 1.11 bits per heavy atom. The number of halogens is 1. The number of anilines is 2. The summed E-state index contributed by atoms with van der Waals surface area (Å²) >= 11 is 0. The fourth-order valence-corrected chi connectivity index (χ4v) is 6.88. The van der Waals surface area contributed by atoms with Crippen LogP contribution < -0.4 is 19.7 Å². The maximum Gasteiger partial charge on any atom is 0.414 e. The molecule has 0 aromatic heterocycles. The Labute approximate surface area is 337 Å². The summed E-state index contributed by atoms with van der Waals surface area (Å²) in [5, 5.41) is 3.39. The number of nitrogens with one attached hydrogen (secondary N) is 1. The maximum atomic E-state index is 12.5. The Kier molecular flexibility index (Phi) is 13.4. The van der Waals surface area contributed by atoms with Crippen LogP contribution in [0.5, 0.6) is 11.5 Å². The van der Waals surface area contributed by atoms with E-state index in [-0.39, 0.29) is 18.5 Å². The highest BCUT2D eigenvalue weighted by Crippen LogP contribution is 2.33. The van der Waals surface area contributed by atoms with Gasteiger partial charge in [0.15, 0.2) is 0 Å². The van der Waals surface area contributed by atoms with Gasteiger partial charge in [0.2, 0.25) is 0 Å². The molecule has 0 fully saturated rings. The Morgan fingerprint density at radius 3 is 1.64 bits per heavy atom. The highest BCUT2D eigenvalue weighted by atomic mass is 35.5. The van der Waals surface area contributed by atoms with Gasteiger partial charge in [0.05, 0.1) is 18.9 Å². The molecule has 288 valence electrons. The van der Waals surface area contributed by atoms with Crippen LogP contribution in [0.1, 0.15) is 43.0 Å². The van der Waals surface area contributed by atoms with E-state index in [4.69, 9.17) is 14.2 Å². The number of carbonyl (C=O) groups excluding carboxylic acids is 1. The summed E-state index contributed by atoms with van der Waals surface area (Å²) in [6, 6.07) is 50.5. The number of amides is 1. The van der Waals surface area contributed by atoms with Crippen molar-refractivity contribution in [2.75, 3.05) is 36.5 Å². The van der Waals surface area contributed by atoms with Crippen LogP contribution in [0.15, 0.2) is 146 Å². The average Bonchev–Trinajstić information content (AvgIpc) is 3.86. The Morgan fingerprint density at radius 1 is 0.607 bits per heavy atom. The van der Waals surface area contributed by atoms with Gasteiger partial charge in [-0.05, 0) is 90.3 Å². The first kappa shape index (κ1) is 40.0. The summed E-state index contributed by atoms with van der Waals surface area (Å²) in [5.74, 6) is 1.72. The molecule has 0 spiro atoms. The van der Waals surface area contributed by atoms with Crippen LogP contribution in [0, 0.1) is 0 Å². The van der Waals surface area contributed by atoms with Gasteiger partial charge in [0, 0.05) is 43.8 Å². The standard InChI is InChI=1S/C27H29NO3.C22H21NO.ClH/c1-27(2,3)31-26(29)28-17-15-23-13-14-24(19-25(23)28)30-18-16-20-9-11-22(12-10-20)21-7-5-4-6-8-21;1-2-4-18(5-3-1)19-8-6-17(7-9-19)13-15-24-21-11-10-20-12-14-23-22(20)16-21;/h4-14,19H,15-18H2,1-3H3;1-11,16,23H,12-15H2;1H. The second kappa shape index (κ2) is 18.7. The summed E-state index contributed by atoms with van der Waals surface area (Å²) in [6.07, 6.45) is 3.38.